The second-order valence-electron chi connectivity index (χ2n) is 5.20. The first-order chi connectivity index (χ1) is 11.1. The third-order valence-electron chi connectivity index (χ3n) is 3.22. The van der Waals surface area contributed by atoms with Crippen molar-refractivity contribution in [1.82, 2.24) is 0 Å². The standard InChI is InChI=1S/C15H15FN2O4S2/c1-8(2)24(21,22)12-7-10(13(17)19)15(23-12)18-14(20)9-5-3-4-6-11(9)16/h3-8H,1-2H3,(H2,17,19)(H,18,20). The molecule has 2 rings (SSSR count). The van der Waals surface area contributed by atoms with Crippen LogP contribution >= 0.6 is 11.3 Å². The number of halogens is 1. The van der Waals surface area contributed by atoms with Crippen LogP contribution in [0.1, 0.15) is 34.6 Å². The lowest BCUT2D eigenvalue weighted by Crippen LogP contribution is -2.17. The molecule has 2 amide bonds. The van der Waals surface area contributed by atoms with Crippen LogP contribution in [0.2, 0.25) is 0 Å². The van der Waals surface area contributed by atoms with Crippen molar-refractivity contribution in [3.8, 4) is 0 Å². The molecule has 0 saturated heterocycles. The van der Waals surface area contributed by atoms with E-state index < -0.39 is 32.7 Å². The number of benzene rings is 1. The number of nitrogens with two attached hydrogens (primary N) is 1. The van der Waals surface area contributed by atoms with Crippen molar-refractivity contribution in [2.75, 3.05) is 5.32 Å². The van der Waals surface area contributed by atoms with Crippen LogP contribution in [0.15, 0.2) is 34.5 Å². The van der Waals surface area contributed by atoms with Crippen LogP contribution in [0.4, 0.5) is 9.39 Å². The van der Waals surface area contributed by atoms with E-state index in [0.717, 1.165) is 12.1 Å². The van der Waals surface area contributed by atoms with E-state index in [1.165, 1.54) is 32.0 Å². The van der Waals surface area contributed by atoms with Gasteiger partial charge in [0, 0.05) is 0 Å². The van der Waals surface area contributed by atoms with Crippen LogP contribution in [-0.2, 0) is 9.84 Å². The molecule has 24 heavy (non-hydrogen) atoms. The maximum absolute atomic E-state index is 13.7. The molecule has 0 aliphatic rings. The number of carbonyl (C=O) groups is 2. The smallest absolute Gasteiger partial charge is 0.259 e. The molecule has 3 N–H and O–H groups in total. The van der Waals surface area contributed by atoms with Crippen LogP contribution in [0.25, 0.3) is 0 Å². The molecule has 0 aliphatic carbocycles. The molecule has 128 valence electrons. The number of hydrogen-bond donors (Lipinski definition) is 2. The number of anilines is 1. The van der Waals surface area contributed by atoms with E-state index in [2.05, 4.69) is 5.32 Å². The van der Waals surface area contributed by atoms with Gasteiger partial charge in [-0.1, -0.05) is 12.1 Å². The van der Waals surface area contributed by atoms with Gasteiger partial charge in [0.25, 0.3) is 11.8 Å². The summed E-state index contributed by atoms with van der Waals surface area (Å²) in [5, 5.41) is 1.62. The highest BCUT2D eigenvalue weighted by Crippen LogP contribution is 2.33. The first-order valence-electron chi connectivity index (χ1n) is 6.88. The average molecular weight is 370 g/mol. The first kappa shape index (κ1) is 18.1. The van der Waals surface area contributed by atoms with Gasteiger partial charge in [-0.3, -0.25) is 9.59 Å². The molecular weight excluding hydrogens is 355 g/mol. The molecule has 1 aromatic heterocycles. The van der Waals surface area contributed by atoms with Gasteiger partial charge in [0.05, 0.1) is 16.4 Å². The van der Waals surface area contributed by atoms with Gasteiger partial charge in [-0.25, -0.2) is 12.8 Å². The fourth-order valence-electron chi connectivity index (χ4n) is 1.83. The van der Waals surface area contributed by atoms with Gasteiger partial charge in [-0.15, -0.1) is 11.3 Å². The van der Waals surface area contributed by atoms with Gasteiger partial charge in [-0.2, -0.15) is 0 Å². The summed E-state index contributed by atoms with van der Waals surface area (Å²) in [6.07, 6.45) is 0. The molecule has 0 aliphatic heterocycles. The molecule has 0 radical (unpaired) electrons. The molecule has 0 bridgehead atoms. The van der Waals surface area contributed by atoms with Gasteiger partial charge in [0.15, 0.2) is 9.84 Å². The summed E-state index contributed by atoms with van der Waals surface area (Å²) in [6, 6.07) is 6.43. The largest absolute Gasteiger partial charge is 0.366 e. The van der Waals surface area contributed by atoms with Crippen LogP contribution in [0.5, 0.6) is 0 Å². The Bertz CT molecular complexity index is 904. The average Bonchev–Trinajstić information content (AvgIpc) is 2.92. The number of rotatable bonds is 5. The molecule has 1 aromatic carbocycles. The maximum Gasteiger partial charge on any atom is 0.259 e. The monoisotopic (exact) mass is 370 g/mol. The minimum absolute atomic E-state index is 0.0324. The second kappa shape index (κ2) is 6.70. The first-order valence-corrected chi connectivity index (χ1v) is 9.24. The highest BCUT2D eigenvalue weighted by atomic mass is 32.2. The summed E-state index contributed by atoms with van der Waals surface area (Å²) in [4.78, 5) is 23.7. The molecule has 9 heteroatoms. The Kier molecular flexibility index (Phi) is 5.05. The minimum atomic E-state index is -3.64. The van der Waals surface area contributed by atoms with Crippen molar-refractivity contribution in [3.05, 3.63) is 47.3 Å². The Morgan fingerprint density at radius 3 is 2.38 bits per heavy atom. The van der Waals surface area contributed by atoms with Gasteiger partial charge >= 0.3 is 0 Å². The maximum atomic E-state index is 13.7. The summed E-state index contributed by atoms with van der Waals surface area (Å²) >= 11 is 0.709. The number of hydrogen-bond acceptors (Lipinski definition) is 5. The molecule has 6 nitrogen and oxygen atoms in total. The van der Waals surface area contributed by atoms with E-state index in [-0.39, 0.29) is 20.3 Å². The number of sulfone groups is 1. The van der Waals surface area contributed by atoms with Crippen LogP contribution < -0.4 is 11.1 Å². The Hall–Kier alpha value is -2.26. The van der Waals surface area contributed by atoms with Gasteiger partial charge in [0.2, 0.25) is 0 Å². The SMILES string of the molecule is CC(C)S(=O)(=O)c1cc(C(N)=O)c(NC(=O)c2ccccc2F)s1. The number of amides is 2. The summed E-state index contributed by atoms with van der Waals surface area (Å²) in [6.45, 7) is 2.99. The third-order valence-corrected chi connectivity index (χ3v) is 6.93. The summed E-state index contributed by atoms with van der Waals surface area (Å²) in [5.74, 6) is -2.42. The zero-order valence-corrected chi connectivity index (χ0v) is 14.5. The summed E-state index contributed by atoms with van der Waals surface area (Å²) in [7, 11) is -3.64. The highest BCUT2D eigenvalue weighted by molar-refractivity contribution is 7.94. The zero-order chi connectivity index (χ0) is 18.1. The van der Waals surface area contributed by atoms with Crippen molar-refractivity contribution in [3.63, 3.8) is 0 Å². The molecule has 0 saturated carbocycles. The number of thiophene rings is 1. The molecule has 1 heterocycles. The molecule has 0 spiro atoms. The van der Waals surface area contributed by atoms with Crippen molar-refractivity contribution in [2.24, 2.45) is 5.73 Å². The Morgan fingerprint density at radius 1 is 1.21 bits per heavy atom. The fourth-order valence-corrected chi connectivity index (χ4v) is 4.66. The van der Waals surface area contributed by atoms with Gasteiger partial charge < -0.3 is 11.1 Å². The van der Waals surface area contributed by atoms with Gasteiger partial charge in [0.1, 0.15) is 15.0 Å². The summed E-state index contributed by atoms with van der Waals surface area (Å²) < 4.78 is 38.0. The number of carbonyl (C=O) groups excluding carboxylic acids is 2. The van der Waals surface area contributed by atoms with E-state index in [0.29, 0.717) is 11.3 Å². The number of nitrogens with one attached hydrogen (secondary N) is 1. The van der Waals surface area contributed by atoms with E-state index in [1.807, 2.05) is 0 Å². The van der Waals surface area contributed by atoms with Gasteiger partial charge in [-0.05, 0) is 32.0 Å². The summed E-state index contributed by atoms with van der Waals surface area (Å²) in [5.41, 5.74) is 4.88. The van der Waals surface area contributed by atoms with E-state index in [4.69, 9.17) is 5.73 Å². The van der Waals surface area contributed by atoms with E-state index >= 15 is 0 Å². The zero-order valence-electron chi connectivity index (χ0n) is 12.9. The third kappa shape index (κ3) is 3.46. The van der Waals surface area contributed by atoms with Crippen molar-refractivity contribution < 1.29 is 22.4 Å². The van der Waals surface area contributed by atoms with E-state index in [9.17, 15) is 22.4 Å². The highest BCUT2D eigenvalue weighted by Gasteiger charge is 2.26. The second-order valence-corrected chi connectivity index (χ2v) is 8.98. The molecule has 0 unspecified atom stereocenters. The van der Waals surface area contributed by atoms with Crippen molar-refractivity contribution in [2.45, 2.75) is 23.3 Å². The molecule has 0 fully saturated rings. The number of primary amides is 1. The molecule has 2 aromatic rings. The normalized spacial score (nSPS) is 11.5. The van der Waals surface area contributed by atoms with Crippen LogP contribution in [0, 0.1) is 5.82 Å². The topological polar surface area (TPSA) is 106 Å². The Labute approximate surface area is 142 Å². The fraction of sp³-hybridized carbons (Fsp3) is 0.200. The van der Waals surface area contributed by atoms with E-state index in [1.54, 1.807) is 0 Å². The quantitative estimate of drug-likeness (QED) is 0.843. The minimum Gasteiger partial charge on any atom is -0.366 e. The predicted octanol–water partition coefficient (Wildman–Crippen LogP) is 2.42. The predicted molar refractivity (Wildman–Crippen MR) is 89.5 cm³/mol. The molecular formula is C15H15FN2O4S2. The van der Waals surface area contributed by atoms with Crippen LogP contribution in [0.3, 0.4) is 0 Å². The lowest BCUT2D eigenvalue weighted by atomic mass is 10.2. The Balaban J connectivity index is 2.44. The van der Waals surface area contributed by atoms with Crippen LogP contribution in [-0.4, -0.2) is 25.5 Å². The Morgan fingerprint density at radius 2 is 1.83 bits per heavy atom. The lowest BCUT2D eigenvalue weighted by Gasteiger charge is -2.05. The van der Waals surface area contributed by atoms with Crippen molar-refractivity contribution >= 4 is 38.0 Å². The lowest BCUT2D eigenvalue weighted by molar-refractivity contribution is 0.100. The van der Waals surface area contributed by atoms with Crippen molar-refractivity contribution in [1.29, 1.82) is 0 Å². The molecule has 0 atom stereocenters.